The Hall–Kier alpha value is -4.24. The Morgan fingerprint density at radius 1 is 0.898 bits per heavy atom. The molecule has 0 unspecified atom stereocenters. The molecule has 2 saturated heterocycles. The number of benzene rings is 2. The van der Waals surface area contributed by atoms with Crippen LogP contribution in [-0.4, -0.2) is 85.6 Å². The number of carbonyl (C=O) groups is 2. The van der Waals surface area contributed by atoms with E-state index >= 15 is 0 Å². The molecule has 0 atom stereocenters. The van der Waals surface area contributed by atoms with Crippen LogP contribution in [0.25, 0.3) is 6.08 Å². The molecule has 8 nitrogen and oxygen atoms in total. The molecular formula is C34H35F6N5O3S. The second-order valence-electron chi connectivity index (χ2n) is 11.6. The SMILES string of the molecule is COCC(=O)N1CCC(Nc2cccc(Sc3ccc(/C=C/C(=O)N4CCN(c5ccccn5)CC4)c(C(F)(F)F)c3C(F)(F)F)c2)CC1. The molecule has 0 radical (unpaired) electrons. The number of rotatable bonds is 9. The smallest absolute Gasteiger partial charge is 0.382 e. The Bertz CT molecular complexity index is 1640. The van der Waals surface area contributed by atoms with Crippen LogP contribution in [0.5, 0.6) is 0 Å². The molecule has 1 N–H and O–H groups in total. The molecular weight excluding hydrogens is 672 g/mol. The zero-order valence-corrected chi connectivity index (χ0v) is 27.4. The minimum atomic E-state index is -5.36. The Balaban J connectivity index is 1.31. The van der Waals surface area contributed by atoms with Crippen molar-refractivity contribution in [1.82, 2.24) is 14.8 Å². The third kappa shape index (κ3) is 9.26. The van der Waals surface area contributed by atoms with Gasteiger partial charge in [-0.3, -0.25) is 9.59 Å². The topological polar surface area (TPSA) is 78.0 Å². The number of aromatic nitrogens is 1. The number of hydrogen-bond donors (Lipinski definition) is 1. The second-order valence-corrected chi connectivity index (χ2v) is 12.7. The average molecular weight is 708 g/mol. The minimum absolute atomic E-state index is 0.00585. The molecule has 2 amide bonds. The van der Waals surface area contributed by atoms with Crippen LogP contribution in [0, 0.1) is 0 Å². The Morgan fingerprint density at radius 2 is 1.61 bits per heavy atom. The van der Waals surface area contributed by atoms with Crippen LogP contribution in [0.2, 0.25) is 0 Å². The van der Waals surface area contributed by atoms with Gasteiger partial charge in [0, 0.05) is 80.2 Å². The molecule has 3 heterocycles. The number of methoxy groups -OCH3 is 1. The van der Waals surface area contributed by atoms with Crippen molar-refractivity contribution in [2.24, 2.45) is 0 Å². The number of ether oxygens (including phenoxy) is 1. The van der Waals surface area contributed by atoms with Crippen molar-refractivity contribution in [3.05, 3.63) is 83.6 Å². The summed E-state index contributed by atoms with van der Waals surface area (Å²) in [6.45, 7) is 2.46. The normalized spacial score (nSPS) is 16.3. The number of carbonyl (C=O) groups excluding carboxylic acids is 2. The predicted molar refractivity (Wildman–Crippen MR) is 174 cm³/mol. The van der Waals surface area contributed by atoms with E-state index in [0.717, 1.165) is 30.1 Å². The maximum Gasteiger partial charge on any atom is 0.418 e. The van der Waals surface area contributed by atoms with E-state index < -0.39 is 39.8 Å². The van der Waals surface area contributed by atoms with E-state index in [-0.39, 0.29) is 31.6 Å². The van der Waals surface area contributed by atoms with E-state index in [1.807, 2.05) is 17.0 Å². The number of amides is 2. The molecule has 1 aromatic heterocycles. The lowest BCUT2D eigenvalue weighted by molar-refractivity contribution is -0.163. The van der Waals surface area contributed by atoms with Crippen molar-refractivity contribution in [3.8, 4) is 0 Å². The highest BCUT2D eigenvalue weighted by Crippen LogP contribution is 2.48. The zero-order valence-electron chi connectivity index (χ0n) is 26.6. The van der Waals surface area contributed by atoms with Crippen molar-refractivity contribution in [2.75, 3.05) is 63.2 Å². The highest BCUT2D eigenvalue weighted by molar-refractivity contribution is 7.99. The standard InChI is InChI=1S/C34H35F6N5O3S/c1-48-22-30(47)44-15-12-24(13-16-44)42-25-5-4-6-26(21-25)49-27-10-8-23(31(33(35,36)37)32(27)34(38,39)40)9-11-29(46)45-19-17-43(18-20-45)28-7-2-3-14-41-28/h2-11,14,21,24,42H,12-13,15-20,22H2,1H3/b11-9+. The summed E-state index contributed by atoms with van der Waals surface area (Å²) in [4.78, 5) is 34.0. The van der Waals surface area contributed by atoms with Gasteiger partial charge >= 0.3 is 12.4 Å². The Morgan fingerprint density at radius 3 is 2.24 bits per heavy atom. The van der Waals surface area contributed by atoms with Gasteiger partial charge in [0.15, 0.2) is 0 Å². The Labute approximate surface area is 284 Å². The highest BCUT2D eigenvalue weighted by atomic mass is 32.2. The molecule has 3 aromatic rings. The summed E-state index contributed by atoms with van der Waals surface area (Å²) in [5.41, 5.74) is -3.82. The number of piperidine rings is 1. The minimum Gasteiger partial charge on any atom is -0.382 e. The van der Waals surface area contributed by atoms with Crippen LogP contribution in [-0.2, 0) is 26.7 Å². The maximum absolute atomic E-state index is 14.4. The van der Waals surface area contributed by atoms with E-state index in [9.17, 15) is 35.9 Å². The summed E-state index contributed by atoms with van der Waals surface area (Å²) in [5.74, 6) is 0.0214. The van der Waals surface area contributed by atoms with Gasteiger partial charge in [-0.15, -0.1) is 0 Å². The lowest BCUT2D eigenvalue weighted by Gasteiger charge is -2.34. The first kappa shape index (κ1) is 36.1. The molecule has 0 saturated carbocycles. The maximum atomic E-state index is 14.4. The first-order chi connectivity index (χ1) is 23.3. The number of piperazine rings is 1. The lowest BCUT2D eigenvalue weighted by atomic mass is 9.99. The number of halogens is 6. The number of pyridine rings is 1. The molecule has 0 bridgehead atoms. The van der Waals surface area contributed by atoms with Crippen molar-refractivity contribution in [1.29, 1.82) is 0 Å². The molecule has 0 spiro atoms. The van der Waals surface area contributed by atoms with E-state index in [1.165, 1.54) is 18.1 Å². The summed E-state index contributed by atoms with van der Waals surface area (Å²) < 4.78 is 91.4. The molecule has 262 valence electrons. The number of hydrogen-bond acceptors (Lipinski definition) is 7. The number of likely N-dealkylation sites (tertiary alicyclic amines) is 1. The quantitative estimate of drug-likeness (QED) is 0.197. The van der Waals surface area contributed by atoms with Crippen LogP contribution >= 0.6 is 11.8 Å². The molecule has 2 fully saturated rings. The fourth-order valence-corrected chi connectivity index (χ4v) is 6.92. The summed E-state index contributed by atoms with van der Waals surface area (Å²) in [5, 5.41) is 3.32. The van der Waals surface area contributed by atoms with Crippen LogP contribution < -0.4 is 10.2 Å². The number of alkyl halides is 6. The molecule has 49 heavy (non-hydrogen) atoms. The van der Waals surface area contributed by atoms with Gasteiger partial charge in [0.25, 0.3) is 0 Å². The highest BCUT2D eigenvalue weighted by Gasteiger charge is 2.46. The van der Waals surface area contributed by atoms with E-state index in [1.54, 1.807) is 35.4 Å². The third-order valence-corrected chi connectivity index (χ3v) is 9.33. The van der Waals surface area contributed by atoms with Crippen molar-refractivity contribution in [3.63, 3.8) is 0 Å². The van der Waals surface area contributed by atoms with Gasteiger partial charge in [-0.25, -0.2) is 4.98 Å². The molecule has 2 aliphatic rings. The first-order valence-corrected chi connectivity index (χ1v) is 16.4. The molecule has 2 aromatic carbocycles. The van der Waals surface area contributed by atoms with Gasteiger partial charge in [-0.1, -0.05) is 30.0 Å². The average Bonchev–Trinajstić information content (AvgIpc) is 3.07. The number of nitrogens with zero attached hydrogens (tertiary/aromatic N) is 4. The van der Waals surface area contributed by atoms with Gasteiger partial charge in [0.1, 0.15) is 12.4 Å². The Kier molecular flexibility index (Phi) is 11.4. The van der Waals surface area contributed by atoms with Crippen LogP contribution in [0.3, 0.4) is 0 Å². The van der Waals surface area contributed by atoms with E-state index in [0.29, 0.717) is 61.4 Å². The molecule has 5 rings (SSSR count). The predicted octanol–water partition coefficient (Wildman–Crippen LogP) is 6.68. The number of nitrogens with one attached hydrogen (secondary N) is 1. The zero-order chi connectivity index (χ0) is 35.2. The summed E-state index contributed by atoms with van der Waals surface area (Å²) in [6, 6.07) is 13.8. The summed E-state index contributed by atoms with van der Waals surface area (Å²) in [6.07, 6.45) is -6.09. The third-order valence-electron chi connectivity index (χ3n) is 8.28. The second kappa shape index (κ2) is 15.5. The molecule has 15 heteroatoms. The van der Waals surface area contributed by atoms with E-state index in [4.69, 9.17) is 4.74 Å². The van der Waals surface area contributed by atoms with E-state index in [2.05, 4.69) is 10.3 Å². The van der Waals surface area contributed by atoms with Crippen molar-refractivity contribution in [2.45, 2.75) is 41.0 Å². The van der Waals surface area contributed by atoms with Crippen LogP contribution in [0.1, 0.15) is 29.5 Å². The van der Waals surface area contributed by atoms with Crippen LogP contribution in [0.4, 0.5) is 37.8 Å². The lowest BCUT2D eigenvalue weighted by Crippen LogP contribution is -2.48. The fourth-order valence-electron chi connectivity index (χ4n) is 5.87. The van der Waals surface area contributed by atoms with Gasteiger partial charge in [0.2, 0.25) is 11.8 Å². The fraction of sp³-hybridized carbons (Fsp3) is 0.382. The monoisotopic (exact) mass is 707 g/mol. The summed E-state index contributed by atoms with van der Waals surface area (Å²) >= 11 is 0.576. The van der Waals surface area contributed by atoms with Crippen LogP contribution in [0.15, 0.2) is 76.7 Å². The number of anilines is 2. The molecule has 2 aliphatic heterocycles. The van der Waals surface area contributed by atoms with Gasteiger partial charge in [-0.2, -0.15) is 26.3 Å². The summed E-state index contributed by atoms with van der Waals surface area (Å²) in [7, 11) is 1.45. The van der Waals surface area contributed by atoms with Gasteiger partial charge in [-0.05, 0) is 60.9 Å². The van der Waals surface area contributed by atoms with Gasteiger partial charge in [0.05, 0.1) is 11.1 Å². The molecule has 0 aliphatic carbocycles. The van der Waals surface area contributed by atoms with Gasteiger partial charge < -0.3 is 24.8 Å². The largest absolute Gasteiger partial charge is 0.418 e. The van der Waals surface area contributed by atoms with Crippen molar-refractivity contribution >= 4 is 41.2 Å². The first-order valence-electron chi connectivity index (χ1n) is 15.6. The van der Waals surface area contributed by atoms with Crippen molar-refractivity contribution < 1.29 is 40.7 Å².